The van der Waals surface area contributed by atoms with Crippen LogP contribution in [-0.2, 0) is 16.6 Å². The summed E-state index contributed by atoms with van der Waals surface area (Å²) in [5, 5.41) is 5.18. The summed E-state index contributed by atoms with van der Waals surface area (Å²) < 4.78 is 11.6. The molecule has 8 heteroatoms. The van der Waals surface area contributed by atoms with Crippen LogP contribution in [0.3, 0.4) is 0 Å². The topological polar surface area (TPSA) is 73.1 Å². The van der Waals surface area contributed by atoms with Crippen LogP contribution in [0.25, 0.3) is 0 Å². The van der Waals surface area contributed by atoms with Gasteiger partial charge in [-0.3, -0.25) is 9.48 Å². The molecule has 0 unspecified atom stereocenters. The number of ether oxygens (including phenoxy) is 1. The molecule has 0 saturated carbocycles. The molecule has 0 N–H and O–H groups in total. The van der Waals surface area contributed by atoms with Gasteiger partial charge in [-0.1, -0.05) is 0 Å². The Morgan fingerprint density at radius 2 is 2.12 bits per heavy atom. The second-order valence-corrected chi connectivity index (χ2v) is 7.94. The first-order valence-electron chi connectivity index (χ1n) is 7.99. The van der Waals surface area contributed by atoms with Gasteiger partial charge in [0.2, 0.25) is 5.13 Å². The summed E-state index contributed by atoms with van der Waals surface area (Å²) >= 11 is 1.35. The lowest BCUT2D eigenvalue weighted by Gasteiger charge is -2.24. The molecule has 0 aromatic carbocycles. The van der Waals surface area contributed by atoms with Crippen molar-refractivity contribution in [2.24, 2.45) is 13.0 Å². The summed E-state index contributed by atoms with van der Waals surface area (Å²) in [5.41, 5.74) is 1.68. The summed E-state index contributed by atoms with van der Waals surface area (Å²) in [6.07, 6.45) is 3.41. The Morgan fingerprint density at radius 1 is 1.38 bits per heavy atom. The molecule has 2 aromatic rings. The van der Waals surface area contributed by atoms with Gasteiger partial charge in [0.15, 0.2) is 0 Å². The highest BCUT2D eigenvalue weighted by Crippen LogP contribution is 2.38. The van der Waals surface area contributed by atoms with Gasteiger partial charge >= 0.3 is 5.97 Å². The number of aryl methyl sites for hydroxylation is 1. The molecule has 0 radical (unpaired) electrons. The van der Waals surface area contributed by atoms with E-state index in [1.165, 1.54) is 11.5 Å². The lowest BCUT2D eigenvalue weighted by molar-refractivity contribution is -0.159. The summed E-state index contributed by atoms with van der Waals surface area (Å²) in [4.78, 5) is 19.2. The van der Waals surface area contributed by atoms with E-state index in [9.17, 15) is 4.79 Å². The van der Waals surface area contributed by atoms with Crippen molar-refractivity contribution in [2.75, 3.05) is 18.0 Å². The van der Waals surface area contributed by atoms with Crippen LogP contribution in [-0.4, -0.2) is 43.8 Å². The first kappa shape index (κ1) is 16.9. The van der Waals surface area contributed by atoms with Gasteiger partial charge in [-0.25, -0.2) is 4.98 Å². The second-order valence-electron chi connectivity index (χ2n) is 7.18. The van der Waals surface area contributed by atoms with E-state index in [4.69, 9.17) is 4.74 Å². The minimum Gasteiger partial charge on any atom is -0.460 e. The van der Waals surface area contributed by atoms with E-state index < -0.39 is 5.60 Å². The van der Waals surface area contributed by atoms with Crippen molar-refractivity contribution in [1.82, 2.24) is 19.1 Å². The maximum absolute atomic E-state index is 12.8. The van der Waals surface area contributed by atoms with Crippen LogP contribution in [0.1, 0.15) is 37.9 Å². The normalized spacial score (nSPS) is 21.3. The molecular formula is C16H23N5O2S. The standard InChI is InChI=1S/C16H23N5O2S/c1-10-11(6-18-20(10)5)12-7-21(15-17-9-19-24-15)8-13(12)14(22)23-16(2,3)4/h6,9,12-13H,7-8H2,1-5H3/t12-,13+/m0/s1. The Bertz CT molecular complexity index is 719. The van der Waals surface area contributed by atoms with Crippen molar-refractivity contribution in [1.29, 1.82) is 0 Å². The number of carbonyl (C=O) groups excluding carboxylic acids is 1. The van der Waals surface area contributed by atoms with Crippen molar-refractivity contribution in [3.63, 3.8) is 0 Å². The van der Waals surface area contributed by atoms with E-state index in [2.05, 4.69) is 19.4 Å². The van der Waals surface area contributed by atoms with Gasteiger partial charge in [0, 0.05) is 43.3 Å². The molecule has 2 aromatic heterocycles. The lowest BCUT2D eigenvalue weighted by atomic mass is 9.89. The molecule has 1 saturated heterocycles. The van der Waals surface area contributed by atoms with Crippen molar-refractivity contribution in [3.05, 3.63) is 23.8 Å². The van der Waals surface area contributed by atoms with Gasteiger partial charge in [0.05, 0.1) is 12.1 Å². The Balaban J connectivity index is 1.90. The molecule has 1 aliphatic heterocycles. The molecule has 0 amide bonds. The second kappa shape index (κ2) is 6.16. The lowest BCUT2D eigenvalue weighted by Crippen LogP contribution is -2.32. The molecule has 1 aliphatic rings. The Labute approximate surface area is 145 Å². The van der Waals surface area contributed by atoms with Crippen LogP contribution in [0, 0.1) is 12.8 Å². The molecule has 3 rings (SSSR count). The summed E-state index contributed by atoms with van der Waals surface area (Å²) in [6.45, 7) is 9.02. The molecule has 0 aliphatic carbocycles. The maximum atomic E-state index is 12.8. The summed E-state index contributed by atoms with van der Waals surface area (Å²) in [5.74, 6) is -0.365. The Kier molecular flexibility index (Phi) is 4.33. The highest BCUT2D eigenvalue weighted by molar-refractivity contribution is 7.09. The highest BCUT2D eigenvalue weighted by Gasteiger charge is 2.42. The fourth-order valence-electron chi connectivity index (χ4n) is 3.08. The van der Waals surface area contributed by atoms with E-state index >= 15 is 0 Å². The van der Waals surface area contributed by atoms with E-state index in [1.54, 1.807) is 6.33 Å². The monoisotopic (exact) mass is 349 g/mol. The van der Waals surface area contributed by atoms with Crippen LogP contribution in [0.15, 0.2) is 12.5 Å². The zero-order valence-electron chi connectivity index (χ0n) is 14.7. The summed E-state index contributed by atoms with van der Waals surface area (Å²) in [7, 11) is 1.92. The average molecular weight is 349 g/mol. The fourth-order valence-corrected chi connectivity index (χ4v) is 3.63. The molecule has 1 fully saturated rings. The molecule has 0 bridgehead atoms. The van der Waals surface area contributed by atoms with Crippen LogP contribution in [0.4, 0.5) is 5.13 Å². The van der Waals surface area contributed by atoms with Gasteiger partial charge in [0.25, 0.3) is 0 Å². The average Bonchev–Trinajstić information content (AvgIpc) is 3.18. The predicted octanol–water partition coefficient (Wildman–Crippen LogP) is 2.14. The van der Waals surface area contributed by atoms with Crippen molar-refractivity contribution in [2.45, 2.75) is 39.2 Å². The molecular weight excluding hydrogens is 326 g/mol. The van der Waals surface area contributed by atoms with Gasteiger partial charge in [-0.05, 0) is 33.3 Å². The third kappa shape index (κ3) is 3.28. The zero-order chi connectivity index (χ0) is 17.5. The Hall–Kier alpha value is -1.96. The molecule has 0 spiro atoms. The maximum Gasteiger partial charge on any atom is 0.311 e. The minimum absolute atomic E-state index is 0.0393. The van der Waals surface area contributed by atoms with Crippen LogP contribution in [0.2, 0.25) is 0 Å². The van der Waals surface area contributed by atoms with Crippen molar-refractivity contribution in [3.8, 4) is 0 Å². The molecule has 3 heterocycles. The first-order valence-corrected chi connectivity index (χ1v) is 8.76. The smallest absolute Gasteiger partial charge is 0.311 e. The molecule has 7 nitrogen and oxygen atoms in total. The van der Waals surface area contributed by atoms with E-state index in [1.807, 2.05) is 45.6 Å². The summed E-state index contributed by atoms with van der Waals surface area (Å²) in [6, 6.07) is 0. The number of esters is 1. The first-order chi connectivity index (χ1) is 11.3. The SMILES string of the molecule is Cc1c([C@@H]2CN(c3ncns3)C[C@H]2C(=O)OC(C)(C)C)cnn1C. The fraction of sp³-hybridized carbons (Fsp3) is 0.625. The van der Waals surface area contributed by atoms with Gasteiger partial charge in [-0.15, -0.1) is 0 Å². The van der Waals surface area contributed by atoms with E-state index in [-0.39, 0.29) is 17.8 Å². The number of hydrogen-bond acceptors (Lipinski definition) is 7. The molecule has 130 valence electrons. The van der Waals surface area contributed by atoms with Gasteiger partial charge < -0.3 is 9.64 Å². The quantitative estimate of drug-likeness (QED) is 0.791. The Morgan fingerprint density at radius 3 is 2.67 bits per heavy atom. The molecule has 2 atom stereocenters. The van der Waals surface area contributed by atoms with E-state index in [0.29, 0.717) is 13.1 Å². The van der Waals surface area contributed by atoms with Gasteiger partial charge in [-0.2, -0.15) is 9.47 Å². The minimum atomic E-state index is -0.498. The third-order valence-electron chi connectivity index (χ3n) is 4.32. The number of carbonyl (C=O) groups is 1. The third-order valence-corrected chi connectivity index (χ3v) is 5.05. The number of nitrogens with zero attached hydrogens (tertiary/aromatic N) is 5. The number of hydrogen-bond donors (Lipinski definition) is 0. The van der Waals surface area contributed by atoms with Crippen LogP contribution in [0.5, 0.6) is 0 Å². The number of rotatable bonds is 3. The van der Waals surface area contributed by atoms with Crippen LogP contribution >= 0.6 is 11.5 Å². The van der Waals surface area contributed by atoms with Crippen molar-refractivity contribution >= 4 is 22.6 Å². The van der Waals surface area contributed by atoms with Gasteiger partial charge in [0.1, 0.15) is 11.9 Å². The van der Waals surface area contributed by atoms with Crippen LogP contribution < -0.4 is 4.90 Å². The zero-order valence-corrected chi connectivity index (χ0v) is 15.5. The number of anilines is 1. The van der Waals surface area contributed by atoms with E-state index in [0.717, 1.165) is 16.4 Å². The highest BCUT2D eigenvalue weighted by atomic mass is 32.1. The predicted molar refractivity (Wildman–Crippen MR) is 92.1 cm³/mol. The number of aromatic nitrogens is 4. The molecule has 24 heavy (non-hydrogen) atoms. The largest absolute Gasteiger partial charge is 0.460 e. The van der Waals surface area contributed by atoms with Crippen molar-refractivity contribution < 1.29 is 9.53 Å².